The molecule has 3 rings (SSSR count). The Labute approximate surface area is 339 Å². The first-order chi connectivity index (χ1) is 22.4. The maximum atomic E-state index is 5.32. The topological polar surface area (TPSA) is 18.5 Å². The summed E-state index contributed by atoms with van der Waals surface area (Å²) in [6.07, 6.45) is 11.3. The summed E-state index contributed by atoms with van der Waals surface area (Å²) in [4.78, 5) is 8.66. The summed E-state index contributed by atoms with van der Waals surface area (Å²) in [5, 5.41) is 3.40. The highest BCUT2D eigenvalue weighted by molar-refractivity contribution is 7.99. The van der Waals surface area contributed by atoms with Gasteiger partial charge in [-0.1, -0.05) is 130 Å². The molecule has 1 N–H and O–H groups in total. The number of anilines is 2. The average Bonchev–Trinajstić information content (AvgIpc) is 2.98. The maximum Gasteiger partial charge on any atom is 0.0815 e. The zero-order chi connectivity index (χ0) is 38.1. The second-order valence-corrected chi connectivity index (χ2v) is 20.5. The number of thiol groups is 1. The van der Waals surface area contributed by atoms with Crippen LogP contribution in [0.1, 0.15) is 101 Å². The Morgan fingerprint density at radius 2 is 1.08 bits per heavy atom. The number of rotatable bonds is 14. The minimum Gasteiger partial charge on any atom is -0.383 e. The molecule has 0 spiro atoms. The lowest BCUT2D eigenvalue weighted by molar-refractivity contribution is 0.327. The number of allylic oxidation sites excluding steroid dienone is 2. The van der Waals surface area contributed by atoms with E-state index in [-0.39, 0.29) is 0 Å². The summed E-state index contributed by atoms with van der Waals surface area (Å²) in [6, 6.07) is 0. The lowest BCUT2D eigenvalue weighted by Gasteiger charge is -2.33. The molecule has 0 saturated carbocycles. The van der Waals surface area contributed by atoms with Crippen LogP contribution in [0.5, 0.6) is 0 Å². The quantitative estimate of drug-likeness (QED) is 0.0628. The summed E-state index contributed by atoms with van der Waals surface area (Å²) < 4.78 is 3.46. The van der Waals surface area contributed by atoms with E-state index < -0.39 is 0 Å². The molecule has 2 aromatic carbocycles. The highest BCUT2D eigenvalue weighted by Crippen LogP contribution is 2.38. The molecule has 49 heavy (non-hydrogen) atoms. The van der Waals surface area contributed by atoms with Crippen LogP contribution in [0.4, 0.5) is 11.4 Å². The van der Waals surface area contributed by atoms with Gasteiger partial charge in [-0.2, -0.15) is 0 Å². The van der Waals surface area contributed by atoms with Gasteiger partial charge in [0.05, 0.1) is 49.8 Å². The zero-order valence-electron chi connectivity index (χ0n) is 32.3. The molecule has 0 saturated heterocycles. The summed E-state index contributed by atoms with van der Waals surface area (Å²) in [6.45, 7) is 27.4. The van der Waals surface area contributed by atoms with E-state index in [2.05, 4.69) is 117 Å². The van der Waals surface area contributed by atoms with Crippen LogP contribution >= 0.6 is 97.2 Å². The van der Waals surface area contributed by atoms with Crippen molar-refractivity contribution in [2.75, 3.05) is 56.5 Å². The second kappa shape index (κ2) is 20.4. The van der Waals surface area contributed by atoms with Crippen molar-refractivity contribution in [3.63, 3.8) is 0 Å². The lowest BCUT2D eigenvalue weighted by atomic mass is 9.90. The minimum atomic E-state index is 0.405. The maximum absolute atomic E-state index is 5.32. The van der Waals surface area contributed by atoms with Crippen molar-refractivity contribution in [1.29, 1.82) is 0 Å². The molecule has 3 nitrogen and oxygen atoms in total. The van der Waals surface area contributed by atoms with Gasteiger partial charge in [0, 0.05) is 44.2 Å². The minimum absolute atomic E-state index is 0.405. The first-order valence-corrected chi connectivity index (χ1v) is 21.9. The molecule has 0 fully saturated rings. The summed E-state index contributed by atoms with van der Waals surface area (Å²) in [5.74, 6) is 0. The van der Waals surface area contributed by atoms with Gasteiger partial charge in [-0.3, -0.25) is 0 Å². The van der Waals surface area contributed by atoms with E-state index in [0.717, 1.165) is 69.3 Å². The summed E-state index contributed by atoms with van der Waals surface area (Å²) in [5.41, 5.74) is 5.52. The molecule has 11 heteroatoms. The molecule has 0 amide bonds. The van der Waals surface area contributed by atoms with Crippen molar-refractivity contribution >= 4 is 113 Å². The third kappa shape index (κ3) is 15.0. The fourth-order valence-corrected chi connectivity index (χ4v) is 9.26. The molecule has 1 aliphatic rings. The Morgan fingerprint density at radius 1 is 0.653 bits per heavy atom. The van der Waals surface area contributed by atoms with Crippen molar-refractivity contribution in [1.82, 2.24) is 4.90 Å². The molecule has 0 unspecified atom stereocenters. The molecule has 1 aliphatic carbocycles. The fourth-order valence-electron chi connectivity index (χ4n) is 5.16. The van der Waals surface area contributed by atoms with Gasteiger partial charge in [-0.25, -0.2) is 0 Å². The first kappa shape index (κ1) is 46.9. The highest BCUT2D eigenvalue weighted by atomic mass is 32.2. The van der Waals surface area contributed by atoms with Crippen LogP contribution in [0.3, 0.4) is 0 Å². The Kier molecular flexibility index (Phi) is 19.5. The van der Waals surface area contributed by atoms with Gasteiger partial charge >= 0.3 is 0 Å². The zero-order valence-corrected chi connectivity index (χ0v) is 38.9. The molecule has 0 bridgehead atoms. The Bertz CT molecular complexity index is 1600. The van der Waals surface area contributed by atoms with Crippen molar-refractivity contribution in [3.8, 4) is 0 Å². The number of hydrogen-bond donors (Lipinski definition) is 2. The highest BCUT2D eigenvalue weighted by Gasteiger charge is 2.28. The molecule has 2 aromatic rings. The fraction of sp³-hybridized carbons (Fsp3) is 0.658. The van der Waals surface area contributed by atoms with Crippen LogP contribution in [0, 0.1) is 34.3 Å². The van der Waals surface area contributed by atoms with Gasteiger partial charge in [-0.15, -0.1) is 36.2 Å². The van der Waals surface area contributed by atoms with Crippen LogP contribution < -0.4 is 10.2 Å². The third-order valence-corrected chi connectivity index (χ3v) is 12.8. The van der Waals surface area contributed by atoms with E-state index in [1.54, 1.807) is 23.5 Å². The van der Waals surface area contributed by atoms with E-state index >= 15 is 0 Å². The number of thiocarbonyl (C=S) groups is 1. The molecule has 0 aromatic heterocycles. The number of hydrogen-bond acceptors (Lipinski definition) is 11. The van der Waals surface area contributed by atoms with E-state index in [1.807, 2.05) is 6.26 Å². The molecule has 0 atom stereocenters. The van der Waals surface area contributed by atoms with Gasteiger partial charge < -0.3 is 15.1 Å². The molecule has 0 aliphatic heterocycles. The van der Waals surface area contributed by atoms with Crippen molar-refractivity contribution in [3.05, 3.63) is 40.8 Å². The molecule has 0 radical (unpaired) electrons. The SMILES string of the molecule is C=C1C(=S)C(N(C)CCCC(C)(C)C)=C1S.CSc1c(N(C)CCCC(C)(C)C)c(=S)c1=S.CSc1c(NCCCC(C)(C)C)c(=S)c1=S. The number of nitrogens with zero attached hydrogens (tertiary/aromatic N) is 2. The van der Waals surface area contributed by atoms with Gasteiger partial charge in [0.1, 0.15) is 0 Å². The van der Waals surface area contributed by atoms with Gasteiger partial charge in [0.15, 0.2) is 0 Å². The van der Waals surface area contributed by atoms with Crippen molar-refractivity contribution in [2.45, 2.75) is 111 Å². The van der Waals surface area contributed by atoms with Crippen LogP contribution in [0.15, 0.2) is 32.5 Å². The van der Waals surface area contributed by atoms with Crippen LogP contribution in [0.25, 0.3) is 0 Å². The van der Waals surface area contributed by atoms with Crippen LogP contribution in [0.2, 0.25) is 0 Å². The summed E-state index contributed by atoms with van der Waals surface area (Å²) in [7, 11) is 4.19. The molecule has 0 heterocycles. The van der Waals surface area contributed by atoms with Crippen molar-refractivity contribution in [2.24, 2.45) is 16.2 Å². The Morgan fingerprint density at radius 3 is 1.51 bits per heavy atom. The van der Waals surface area contributed by atoms with Gasteiger partial charge in [0.25, 0.3) is 0 Å². The molecule has 276 valence electrons. The average molecular weight is 816 g/mol. The molecular formula is C38H61N3S8. The third-order valence-electron chi connectivity index (χ3n) is 8.13. The van der Waals surface area contributed by atoms with Crippen molar-refractivity contribution < 1.29 is 0 Å². The normalized spacial score (nSPS) is 13.5. The van der Waals surface area contributed by atoms with E-state index in [1.165, 1.54) is 49.1 Å². The molecular weight excluding hydrogens is 755 g/mol. The first-order valence-electron chi connectivity index (χ1n) is 17.0. The van der Waals surface area contributed by atoms with E-state index in [4.69, 9.17) is 61.1 Å². The predicted molar refractivity (Wildman–Crippen MR) is 243 cm³/mol. The Balaban J connectivity index is 0.000000368. The summed E-state index contributed by atoms with van der Waals surface area (Å²) >= 11 is 34.0. The Hall–Kier alpha value is -0.140. The smallest absolute Gasteiger partial charge is 0.0815 e. The predicted octanol–water partition coefficient (Wildman–Crippen LogP) is 13.8. The number of thioether (sulfide) groups is 2. The van der Waals surface area contributed by atoms with Crippen LogP contribution in [-0.2, 0) is 0 Å². The monoisotopic (exact) mass is 815 g/mol. The van der Waals surface area contributed by atoms with Gasteiger partial charge in [-0.05, 0) is 67.3 Å². The number of nitrogens with one attached hydrogen (secondary N) is 1. The second-order valence-electron chi connectivity index (χ2n) is 16.4. The largest absolute Gasteiger partial charge is 0.383 e. The van der Waals surface area contributed by atoms with Crippen LogP contribution in [-0.4, -0.2) is 56.0 Å². The standard InChI is InChI=1S/C13H21NS3.C13H21NS2.C12H19NS3/c1-13(2,3)7-6-8-14(4)9-10(15)11(16)12(9)17-5;1-9-11(15)10(12(9)16)14(5)8-6-7-13(2,3)4;1-12(2,3)6-5-7-13-8-9(14)10(15)11(8)16-4/h6-8H2,1-5H3;15H,1,6-8H2,2-5H3;13H,5-7H2,1-4H3. The van der Waals surface area contributed by atoms with Gasteiger partial charge in [0.2, 0.25) is 0 Å². The van der Waals surface area contributed by atoms with E-state index in [0.29, 0.717) is 16.2 Å². The lowest BCUT2D eigenvalue weighted by Crippen LogP contribution is -2.32. The van der Waals surface area contributed by atoms with E-state index in [9.17, 15) is 0 Å².